The summed E-state index contributed by atoms with van der Waals surface area (Å²) in [6.45, 7) is 3.54. The van der Waals surface area contributed by atoms with E-state index in [4.69, 9.17) is 21.7 Å². The summed E-state index contributed by atoms with van der Waals surface area (Å²) in [5.41, 5.74) is 1.06. The molecular formula is C26H26FNO4S2. The third-order valence-corrected chi connectivity index (χ3v) is 7.01. The molecule has 3 rings (SSSR count). The van der Waals surface area contributed by atoms with Crippen molar-refractivity contribution in [3.8, 4) is 11.5 Å². The van der Waals surface area contributed by atoms with Gasteiger partial charge in [0, 0.05) is 22.0 Å². The number of esters is 1. The predicted molar refractivity (Wildman–Crippen MR) is 135 cm³/mol. The fourth-order valence-corrected chi connectivity index (χ4v) is 4.90. The van der Waals surface area contributed by atoms with Crippen molar-refractivity contribution in [3.63, 3.8) is 0 Å². The molecule has 34 heavy (non-hydrogen) atoms. The highest BCUT2D eigenvalue weighted by molar-refractivity contribution is 7.99. The van der Waals surface area contributed by atoms with Crippen LogP contribution in [0, 0.1) is 11.7 Å². The summed E-state index contributed by atoms with van der Waals surface area (Å²) in [4.78, 5) is 18.4. The van der Waals surface area contributed by atoms with Crippen LogP contribution in [0.4, 0.5) is 4.39 Å². The Morgan fingerprint density at radius 3 is 2.44 bits per heavy atom. The van der Waals surface area contributed by atoms with Gasteiger partial charge in [-0.1, -0.05) is 49.5 Å². The number of methoxy groups -OCH3 is 1. The van der Waals surface area contributed by atoms with Crippen molar-refractivity contribution in [1.82, 2.24) is 4.98 Å². The molecule has 0 aliphatic rings. The van der Waals surface area contributed by atoms with Crippen LogP contribution in [0.25, 0.3) is 0 Å². The lowest BCUT2D eigenvalue weighted by atomic mass is 10.0. The number of aromatic nitrogens is 1. The fraction of sp³-hybridized carbons (Fsp3) is 0.269. The van der Waals surface area contributed by atoms with Crippen molar-refractivity contribution < 1.29 is 23.8 Å². The first kappa shape index (κ1) is 25.6. The smallest absolute Gasteiger partial charge is 0.309 e. The van der Waals surface area contributed by atoms with Gasteiger partial charge in [-0.15, -0.1) is 11.8 Å². The number of aromatic hydroxyl groups is 1. The molecule has 0 saturated carbocycles. The topological polar surface area (TPSA) is 68.7 Å². The van der Waals surface area contributed by atoms with Crippen molar-refractivity contribution in [2.45, 2.75) is 36.5 Å². The van der Waals surface area contributed by atoms with Crippen LogP contribution in [0.1, 0.15) is 36.8 Å². The van der Waals surface area contributed by atoms with Crippen LogP contribution in [0.2, 0.25) is 0 Å². The lowest BCUT2D eigenvalue weighted by Crippen LogP contribution is -2.26. The number of pyridine rings is 1. The molecule has 8 heteroatoms. The van der Waals surface area contributed by atoms with Gasteiger partial charge < -0.3 is 14.6 Å². The first-order chi connectivity index (χ1) is 16.3. The molecule has 1 heterocycles. The Morgan fingerprint density at radius 2 is 1.79 bits per heavy atom. The molecule has 1 N–H and O–H groups in total. The normalized spacial score (nSPS) is 13.5. The van der Waals surface area contributed by atoms with Crippen LogP contribution in [0.3, 0.4) is 0 Å². The molecule has 0 amide bonds. The van der Waals surface area contributed by atoms with Crippen LogP contribution in [0.5, 0.6) is 11.5 Å². The summed E-state index contributed by atoms with van der Waals surface area (Å²) < 4.78 is 24.4. The zero-order chi connectivity index (χ0) is 24.7. The fourth-order valence-electron chi connectivity index (χ4n) is 3.36. The van der Waals surface area contributed by atoms with E-state index < -0.39 is 18.0 Å². The van der Waals surface area contributed by atoms with Gasteiger partial charge in [-0.3, -0.25) is 9.78 Å². The average Bonchev–Trinajstić information content (AvgIpc) is 2.83. The van der Waals surface area contributed by atoms with E-state index in [9.17, 15) is 14.3 Å². The molecule has 1 aromatic heterocycles. The Morgan fingerprint density at radius 1 is 1.12 bits per heavy atom. The van der Waals surface area contributed by atoms with Crippen LogP contribution in [-0.4, -0.2) is 34.1 Å². The molecule has 5 nitrogen and oxygen atoms in total. The van der Waals surface area contributed by atoms with Crippen molar-refractivity contribution in [2.24, 2.45) is 5.92 Å². The minimum absolute atomic E-state index is 0.153. The number of thiocarbonyl (C=S) groups is 1. The summed E-state index contributed by atoms with van der Waals surface area (Å²) in [5.74, 6) is -1.19. The molecular weight excluding hydrogens is 473 g/mol. The Balaban J connectivity index is 1.71. The van der Waals surface area contributed by atoms with Crippen molar-refractivity contribution >= 4 is 34.8 Å². The predicted octanol–water partition coefficient (Wildman–Crippen LogP) is 6.14. The zero-order valence-electron chi connectivity index (χ0n) is 19.1. The molecule has 178 valence electrons. The number of hydrogen-bond donors (Lipinski definition) is 1. The summed E-state index contributed by atoms with van der Waals surface area (Å²) in [6, 6.07) is 17.5. The molecule has 3 aromatic rings. The van der Waals surface area contributed by atoms with Crippen molar-refractivity contribution in [1.29, 1.82) is 0 Å². The maximum Gasteiger partial charge on any atom is 0.309 e. The first-order valence-corrected chi connectivity index (χ1v) is 12.0. The molecule has 0 radical (unpaired) electrons. The molecule has 3 atom stereocenters. The SMILES string of the molecule is COc1ccnc(C(=S)C[C@@H](C)C(=O)O[C@@H](C)[C@H](Sc2ccccc2)c2ccc(F)cc2)c1O. The van der Waals surface area contributed by atoms with Crippen LogP contribution < -0.4 is 4.74 Å². The van der Waals surface area contributed by atoms with Gasteiger partial charge in [-0.25, -0.2) is 4.39 Å². The van der Waals surface area contributed by atoms with Gasteiger partial charge in [-0.2, -0.15) is 0 Å². The summed E-state index contributed by atoms with van der Waals surface area (Å²) in [5, 5.41) is 10.1. The Hall–Kier alpha value is -2.97. The second-order valence-electron chi connectivity index (χ2n) is 7.78. The molecule has 0 saturated heterocycles. The quantitative estimate of drug-likeness (QED) is 0.155. The number of ether oxygens (including phenoxy) is 2. The van der Waals surface area contributed by atoms with E-state index in [2.05, 4.69) is 4.98 Å². The number of carbonyl (C=O) groups is 1. The van der Waals surface area contributed by atoms with Gasteiger partial charge in [0.15, 0.2) is 11.5 Å². The van der Waals surface area contributed by atoms with Crippen molar-refractivity contribution in [3.05, 3.63) is 83.9 Å². The molecule has 2 aromatic carbocycles. The van der Waals surface area contributed by atoms with Gasteiger partial charge in [0.2, 0.25) is 0 Å². The molecule has 0 spiro atoms. The highest BCUT2D eigenvalue weighted by Gasteiger charge is 2.27. The van der Waals surface area contributed by atoms with E-state index in [1.807, 2.05) is 37.3 Å². The van der Waals surface area contributed by atoms with Crippen LogP contribution >= 0.6 is 24.0 Å². The number of thioether (sulfide) groups is 1. The second kappa shape index (κ2) is 11.9. The summed E-state index contributed by atoms with van der Waals surface area (Å²) in [7, 11) is 1.44. The molecule has 0 fully saturated rings. The molecule has 0 aliphatic carbocycles. The third-order valence-electron chi connectivity index (χ3n) is 5.20. The average molecular weight is 500 g/mol. The highest BCUT2D eigenvalue weighted by atomic mass is 32.2. The van der Waals surface area contributed by atoms with Crippen LogP contribution in [-0.2, 0) is 9.53 Å². The van der Waals surface area contributed by atoms with Gasteiger partial charge in [0.1, 0.15) is 17.6 Å². The van der Waals surface area contributed by atoms with E-state index in [0.717, 1.165) is 10.5 Å². The van der Waals surface area contributed by atoms with Crippen molar-refractivity contribution in [2.75, 3.05) is 7.11 Å². The number of nitrogens with zero attached hydrogens (tertiary/aromatic N) is 1. The Bertz CT molecular complexity index is 1130. The van der Waals surface area contributed by atoms with E-state index in [-0.39, 0.29) is 34.7 Å². The Kier molecular flexibility index (Phi) is 9.01. The summed E-state index contributed by atoms with van der Waals surface area (Å²) >= 11 is 6.97. The first-order valence-electron chi connectivity index (χ1n) is 10.7. The zero-order valence-corrected chi connectivity index (χ0v) is 20.7. The standard InChI is InChI=1S/C26H26FNO4S2/c1-16(15-22(33)23-24(29)21(31-3)13-14-28-23)26(30)32-17(2)25(18-9-11-19(27)12-10-18)34-20-7-5-4-6-8-20/h4-14,16-17,25,29H,15H2,1-3H3/t16-,17+,25+/m1/s1. The lowest BCUT2D eigenvalue weighted by Gasteiger charge is -2.25. The van der Waals surface area contributed by atoms with E-state index >= 15 is 0 Å². The molecule has 0 unspecified atom stereocenters. The maximum atomic E-state index is 13.5. The maximum absolute atomic E-state index is 13.5. The van der Waals surface area contributed by atoms with Gasteiger partial charge in [0.25, 0.3) is 0 Å². The van der Waals surface area contributed by atoms with Gasteiger partial charge in [-0.05, 0) is 43.2 Å². The lowest BCUT2D eigenvalue weighted by molar-refractivity contribution is -0.152. The minimum atomic E-state index is -0.557. The Labute approximate surface area is 208 Å². The minimum Gasteiger partial charge on any atom is -0.503 e. The second-order valence-corrected chi connectivity index (χ2v) is 9.49. The number of carbonyl (C=O) groups excluding carboxylic acids is 1. The molecule has 0 bridgehead atoms. The summed E-state index contributed by atoms with van der Waals surface area (Å²) in [6.07, 6.45) is 1.17. The third kappa shape index (κ3) is 6.55. The van der Waals surface area contributed by atoms with E-state index in [1.54, 1.807) is 30.8 Å². The van der Waals surface area contributed by atoms with Crippen LogP contribution in [0.15, 0.2) is 71.8 Å². The number of benzene rings is 2. The largest absolute Gasteiger partial charge is 0.503 e. The van der Waals surface area contributed by atoms with Gasteiger partial charge in [0.05, 0.1) is 18.3 Å². The monoisotopic (exact) mass is 499 g/mol. The number of halogens is 1. The van der Waals surface area contributed by atoms with E-state index in [1.165, 1.54) is 31.5 Å². The molecule has 0 aliphatic heterocycles. The van der Waals surface area contributed by atoms with E-state index in [0.29, 0.717) is 4.86 Å². The van der Waals surface area contributed by atoms with Gasteiger partial charge >= 0.3 is 5.97 Å². The number of rotatable bonds is 10. The highest BCUT2D eigenvalue weighted by Crippen LogP contribution is 2.39. The number of hydrogen-bond acceptors (Lipinski definition) is 7.